The number of benzene rings is 4. The van der Waals surface area contributed by atoms with Gasteiger partial charge in [0.05, 0.1) is 143 Å². The molecular formula is C106H136ClFN14O24. The number of hydrogen-bond donors (Lipinski definition) is 12. The van der Waals surface area contributed by atoms with Gasteiger partial charge in [0.1, 0.15) is 53.6 Å². The quantitative estimate of drug-likeness (QED) is 0.0235. The fourth-order valence-electron chi connectivity index (χ4n) is 20.1. The van der Waals surface area contributed by atoms with Gasteiger partial charge in [-0.2, -0.15) is 10.5 Å². The number of methoxy groups -OCH3 is 4. The third-order valence-corrected chi connectivity index (χ3v) is 30.8. The van der Waals surface area contributed by atoms with Gasteiger partial charge in [-0.05, 0) is 173 Å². The van der Waals surface area contributed by atoms with Gasteiger partial charge in [-0.15, -0.1) is 0 Å². The summed E-state index contributed by atoms with van der Waals surface area (Å²) in [6.45, 7) is 26.1. The number of halogens is 2. The van der Waals surface area contributed by atoms with Gasteiger partial charge in [-0.25, -0.2) is 24.3 Å². The molecule has 788 valence electrons. The minimum absolute atomic E-state index is 0.0690. The third-order valence-electron chi connectivity index (χ3n) is 30.4. The number of pyridine rings is 4. The number of carbonyl (C=O) groups is 4. The molecule has 4 amide bonds. The predicted molar refractivity (Wildman–Crippen MR) is 538 cm³/mol. The zero-order valence-corrected chi connectivity index (χ0v) is 86.0. The smallest absolute Gasteiger partial charge is 0.253 e. The molecule has 0 unspecified atom stereocenters. The van der Waals surface area contributed by atoms with E-state index in [1.165, 1.54) is 25.7 Å². The molecule has 12 N–H and O–H groups in total. The lowest BCUT2D eigenvalue weighted by molar-refractivity contribution is -0.142. The number of aromatic nitrogens is 4. The Morgan fingerprint density at radius 1 is 0.390 bits per heavy atom. The number of anilines is 4. The molecule has 4 aromatic heterocycles. The summed E-state index contributed by atoms with van der Waals surface area (Å²) in [6, 6.07) is 35.6. The zero-order chi connectivity index (χ0) is 106. The maximum Gasteiger partial charge on any atom is 0.253 e. The molecule has 8 aromatic rings. The molecule has 0 aliphatic carbocycles. The number of likely N-dealkylation sites (tertiary alicyclic amines) is 4. The number of ether oxygens (including phenoxy) is 8. The lowest BCUT2D eigenvalue weighted by atomic mass is 9.72. The number of amides is 4. The molecule has 0 saturated carbocycles. The second kappa shape index (κ2) is 46.8. The van der Waals surface area contributed by atoms with Crippen molar-refractivity contribution in [3.8, 4) is 58.1 Å². The topological polar surface area (TPSA) is 510 Å². The van der Waals surface area contributed by atoms with Crippen molar-refractivity contribution in [3.05, 3.63) is 188 Å². The maximum absolute atomic E-state index is 14.3. The van der Waals surface area contributed by atoms with Crippen LogP contribution in [0.3, 0.4) is 0 Å². The van der Waals surface area contributed by atoms with E-state index in [0.29, 0.717) is 140 Å². The molecule has 16 rings (SSSR count). The van der Waals surface area contributed by atoms with E-state index in [1.807, 2.05) is 148 Å². The fourth-order valence-corrected chi connectivity index (χ4v) is 20.2. The van der Waals surface area contributed by atoms with Crippen molar-refractivity contribution in [2.24, 2.45) is 21.7 Å². The molecule has 40 heteroatoms. The lowest BCUT2D eigenvalue weighted by Crippen LogP contribution is -2.54. The van der Waals surface area contributed by atoms with Crippen LogP contribution in [-0.4, -0.2) is 357 Å². The highest BCUT2D eigenvalue weighted by atomic mass is 35.5. The average Bonchev–Trinajstić information content (AvgIpc) is 1.66. The van der Waals surface area contributed by atoms with E-state index in [0.717, 1.165) is 62.0 Å². The summed E-state index contributed by atoms with van der Waals surface area (Å²) in [6.07, 6.45) is -4.25. The molecular weight excluding hydrogens is 1910 g/mol. The largest absolute Gasteiger partial charge is 0.493 e. The Morgan fingerprint density at radius 3 is 0.973 bits per heavy atom. The molecule has 0 bridgehead atoms. The van der Waals surface area contributed by atoms with Gasteiger partial charge in [0, 0.05) is 121 Å². The van der Waals surface area contributed by atoms with Gasteiger partial charge in [0.2, 0.25) is 0 Å². The van der Waals surface area contributed by atoms with Crippen LogP contribution in [0, 0.1) is 77.8 Å². The Balaban J connectivity index is 0.000000163. The standard InChI is InChI=1S/2C27H34N4O6.C26H34ClN3O6.C26H34FN3O6/c1-16-5-8-25(29-21(16)10-28)30-11-19(12-30)37-24-9-18(6-7-23(24)36-4)20-13-31(26(35)22(34)14-32)15-27(20,3)17(2)33;1-16-10-29-25(8-19(16)9-28)30-11-20(12-30)37-24-7-18(5-6-23(24)36-4)21-13-31(26(35)22(34)14-32)15-27(21,3)17(2)33;1-15-9-28-24(8-20(15)27)29-10-18(11-29)36-23-7-17(5-6-22(23)35-4)19-12-30(25(34)21(33)13-31)14-26(19,3)16(2)32;1-15-7-20(27)24(28-9-15)29-10-18(11-29)36-23-8-17(5-6-22(23)35-4)19-12-30(25(34)21(33)13-31)14-26(19,3)16(2)32/h5-9,17,19-20,22,32-34H,11-15H2,1-4H3;5-8,10,17,20-22,32-34H,11-15H2,1-4H3;2*5-9,16,18-19,21,31-33H,10-14H2,1-4H3/t17-,20+,22+,27+;17-,21+,22+,27+;2*16-,19+,21+,26+/m1111/s1. The Labute approximate surface area is 854 Å². The predicted octanol–water partition coefficient (Wildman–Crippen LogP) is 5.87. The number of nitrogens with zero attached hydrogens (tertiary/aromatic N) is 14. The number of nitriles is 2. The molecule has 8 fully saturated rings. The summed E-state index contributed by atoms with van der Waals surface area (Å²) in [7, 11) is 6.27. The Hall–Kier alpha value is -12.3. The van der Waals surface area contributed by atoms with Crippen LogP contribution in [0.1, 0.15) is 135 Å². The molecule has 38 nitrogen and oxygen atoms in total. The summed E-state index contributed by atoms with van der Waals surface area (Å²) in [4.78, 5) is 81.8. The minimum atomic E-state index is -1.49. The molecule has 4 aromatic carbocycles. The van der Waals surface area contributed by atoms with Gasteiger partial charge in [-0.3, -0.25) is 19.2 Å². The highest BCUT2D eigenvalue weighted by molar-refractivity contribution is 6.31. The van der Waals surface area contributed by atoms with Crippen LogP contribution in [0.25, 0.3) is 0 Å². The van der Waals surface area contributed by atoms with Gasteiger partial charge in [0.15, 0.2) is 82.0 Å². The lowest BCUT2D eigenvalue weighted by Gasteiger charge is -2.40. The molecule has 146 heavy (non-hydrogen) atoms. The van der Waals surface area contributed by atoms with Gasteiger partial charge >= 0.3 is 0 Å². The van der Waals surface area contributed by atoms with E-state index in [2.05, 4.69) is 37.0 Å². The summed E-state index contributed by atoms with van der Waals surface area (Å²) >= 11 is 6.24. The highest BCUT2D eigenvalue weighted by Crippen LogP contribution is 2.53. The summed E-state index contributed by atoms with van der Waals surface area (Å²) in [5, 5.41) is 138. The maximum atomic E-state index is 14.3. The Morgan fingerprint density at radius 2 is 0.692 bits per heavy atom. The molecule has 8 saturated heterocycles. The number of aliphatic hydroxyl groups is 12. The van der Waals surface area contributed by atoms with Crippen LogP contribution in [0.2, 0.25) is 5.02 Å². The first-order valence-corrected chi connectivity index (χ1v) is 49.1. The molecule has 0 spiro atoms. The Kier molecular flexibility index (Phi) is 35.6. The van der Waals surface area contributed by atoms with Gasteiger partial charge in [-0.1, -0.05) is 69.6 Å². The first-order valence-electron chi connectivity index (χ1n) is 48.8. The van der Waals surface area contributed by atoms with Crippen LogP contribution in [0.15, 0.2) is 122 Å². The van der Waals surface area contributed by atoms with E-state index in [-0.39, 0.29) is 86.6 Å². The molecule has 16 atom stereocenters. The van der Waals surface area contributed by atoms with Crippen LogP contribution >= 0.6 is 11.6 Å². The highest BCUT2D eigenvalue weighted by Gasteiger charge is 2.55. The normalized spacial score (nSPS) is 23.5. The van der Waals surface area contributed by atoms with E-state index in [4.69, 9.17) is 49.5 Å². The average molecular weight is 2040 g/mol. The number of rotatable bonds is 32. The molecule has 12 heterocycles. The van der Waals surface area contributed by atoms with Crippen LogP contribution in [-0.2, 0) is 19.2 Å². The van der Waals surface area contributed by atoms with Crippen molar-refractivity contribution < 1.29 is 123 Å². The molecule has 8 aliphatic heterocycles. The monoisotopic (exact) mass is 2040 g/mol. The summed E-state index contributed by atoms with van der Waals surface area (Å²) in [5.41, 5.74) is 5.20. The number of aliphatic hydroxyl groups excluding tert-OH is 12. The van der Waals surface area contributed by atoms with Crippen molar-refractivity contribution in [2.75, 3.05) is 179 Å². The van der Waals surface area contributed by atoms with Crippen molar-refractivity contribution in [1.29, 1.82) is 10.5 Å². The zero-order valence-electron chi connectivity index (χ0n) is 85.2. The second-order valence-electron chi connectivity index (χ2n) is 40.4. The second-order valence-corrected chi connectivity index (χ2v) is 40.8. The van der Waals surface area contributed by atoms with Crippen molar-refractivity contribution in [3.63, 3.8) is 0 Å². The first-order chi connectivity index (χ1) is 69.3. The third kappa shape index (κ3) is 23.8. The SMILES string of the molecule is COc1ccc([C@@H]2CN(C(=O)[C@@H](O)CO)C[C@@]2(C)[C@@H](C)O)cc1OC1CN(c2cc(C#N)c(C)cn2)C1.COc1ccc([C@@H]2CN(C(=O)[C@@H](O)CO)C[C@@]2(C)[C@@H](C)O)cc1OC1CN(c2cc(Cl)c(C)cn2)C1.COc1ccc([C@@H]2CN(C(=O)[C@@H](O)CO)C[C@@]2(C)[C@@H](C)O)cc1OC1CN(c2ccc(C)c(C#N)n2)C1.COc1ccc([C@@H]2CN(C(=O)[C@@H](O)CO)C[C@@]2(C)[C@@H](C)O)cc1OC1CN(c2ncc(C)cc2F)C1. The van der Waals surface area contributed by atoms with E-state index < -0.39 is 121 Å². The van der Waals surface area contributed by atoms with Crippen molar-refractivity contribution in [2.45, 2.75) is 180 Å². The van der Waals surface area contributed by atoms with Crippen molar-refractivity contribution >= 4 is 58.5 Å². The van der Waals surface area contributed by atoms with Crippen molar-refractivity contribution in [1.82, 2.24) is 39.5 Å². The van der Waals surface area contributed by atoms with E-state index in [9.17, 15) is 95.4 Å². The molecule has 0 radical (unpaired) electrons. The fraction of sp³-hybridized carbons (Fsp3) is 0.528. The van der Waals surface area contributed by atoms with Crippen LogP contribution in [0.5, 0.6) is 46.0 Å². The van der Waals surface area contributed by atoms with Crippen LogP contribution < -0.4 is 57.5 Å². The van der Waals surface area contributed by atoms with Crippen LogP contribution in [0.4, 0.5) is 27.7 Å². The van der Waals surface area contributed by atoms with E-state index in [1.54, 1.807) is 93.8 Å². The Bertz CT molecular complexity index is 5850. The molecule has 8 aliphatic rings. The summed E-state index contributed by atoms with van der Waals surface area (Å²) < 4.78 is 61.4. The van der Waals surface area contributed by atoms with Gasteiger partial charge in [0.25, 0.3) is 23.6 Å². The number of carbonyl (C=O) groups excluding carboxylic acids is 4. The first kappa shape index (κ1) is 111. The minimum Gasteiger partial charge on any atom is -0.493 e. The number of hydrogen-bond acceptors (Lipinski definition) is 34. The summed E-state index contributed by atoms with van der Waals surface area (Å²) in [5.74, 6) is 3.58. The van der Waals surface area contributed by atoms with Gasteiger partial charge < -0.3 is 138 Å². The van der Waals surface area contributed by atoms with E-state index >= 15 is 0 Å². The number of aryl methyl sites for hydroxylation is 4.